The van der Waals surface area contributed by atoms with E-state index in [0.29, 0.717) is 23.6 Å². The Labute approximate surface area is 144 Å². The van der Waals surface area contributed by atoms with Crippen LogP contribution in [0.5, 0.6) is 0 Å². The summed E-state index contributed by atoms with van der Waals surface area (Å²) >= 11 is 0. The van der Waals surface area contributed by atoms with Gasteiger partial charge in [0, 0.05) is 24.7 Å². The summed E-state index contributed by atoms with van der Waals surface area (Å²) in [5.74, 6) is 0.729. The smallest absolute Gasteiger partial charge is 0.253 e. The van der Waals surface area contributed by atoms with Gasteiger partial charge in [0.15, 0.2) is 0 Å². The highest BCUT2D eigenvalue weighted by molar-refractivity contribution is 7.92. The molecule has 0 N–H and O–H groups in total. The summed E-state index contributed by atoms with van der Waals surface area (Å²) in [5.41, 5.74) is 2.33. The summed E-state index contributed by atoms with van der Waals surface area (Å²) in [5, 5.41) is 0. The van der Waals surface area contributed by atoms with Gasteiger partial charge in [0.1, 0.15) is 0 Å². The zero-order chi connectivity index (χ0) is 17.5. The van der Waals surface area contributed by atoms with E-state index >= 15 is 0 Å². The summed E-state index contributed by atoms with van der Waals surface area (Å²) in [6.45, 7) is 5.61. The van der Waals surface area contributed by atoms with Crippen LogP contribution < -0.4 is 4.31 Å². The molecule has 1 amide bonds. The number of benzene rings is 1. The molecule has 0 spiro atoms. The van der Waals surface area contributed by atoms with Gasteiger partial charge in [0.05, 0.1) is 11.9 Å². The maximum Gasteiger partial charge on any atom is 0.253 e. The van der Waals surface area contributed by atoms with Gasteiger partial charge in [0.2, 0.25) is 10.0 Å². The van der Waals surface area contributed by atoms with Gasteiger partial charge in [-0.15, -0.1) is 0 Å². The topological polar surface area (TPSA) is 57.7 Å². The SMILES string of the molecule is CCCN(CC1CC1)C(=O)c1ccc2c(c1)CC(C)N2S(C)(=O)=O. The van der Waals surface area contributed by atoms with Crippen LogP contribution in [0.2, 0.25) is 0 Å². The van der Waals surface area contributed by atoms with Gasteiger partial charge in [-0.1, -0.05) is 6.92 Å². The number of fused-ring (bicyclic) bond motifs is 1. The third kappa shape index (κ3) is 3.43. The highest BCUT2D eigenvalue weighted by Crippen LogP contribution is 2.35. The van der Waals surface area contributed by atoms with Crippen LogP contribution >= 0.6 is 0 Å². The van der Waals surface area contributed by atoms with Crippen LogP contribution in [0.4, 0.5) is 5.69 Å². The molecule has 1 atom stereocenters. The fraction of sp³-hybridized carbons (Fsp3) is 0.611. The molecule has 5 nitrogen and oxygen atoms in total. The van der Waals surface area contributed by atoms with Crippen molar-refractivity contribution < 1.29 is 13.2 Å². The predicted octanol–water partition coefficient (Wildman–Crippen LogP) is 2.66. The molecule has 0 bridgehead atoms. The largest absolute Gasteiger partial charge is 0.338 e. The quantitative estimate of drug-likeness (QED) is 0.792. The zero-order valence-corrected chi connectivity index (χ0v) is 15.5. The number of sulfonamides is 1. The van der Waals surface area contributed by atoms with Gasteiger partial charge >= 0.3 is 0 Å². The number of carbonyl (C=O) groups is 1. The van der Waals surface area contributed by atoms with Crippen molar-refractivity contribution in [1.29, 1.82) is 0 Å². The van der Waals surface area contributed by atoms with E-state index in [0.717, 1.165) is 25.1 Å². The Balaban J connectivity index is 1.86. The van der Waals surface area contributed by atoms with E-state index < -0.39 is 10.0 Å². The minimum Gasteiger partial charge on any atom is -0.338 e. The molecule has 0 radical (unpaired) electrons. The lowest BCUT2D eigenvalue weighted by Gasteiger charge is -2.23. The summed E-state index contributed by atoms with van der Waals surface area (Å²) in [6, 6.07) is 5.34. The molecule has 1 aliphatic heterocycles. The fourth-order valence-electron chi connectivity index (χ4n) is 3.58. The van der Waals surface area contributed by atoms with Gasteiger partial charge in [-0.3, -0.25) is 9.10 Å². The first-order chi connectivity index (χ1) is 11.3. The van der Waals surface area contributed by atoms with Crippen molar-refractivity contribution in [3.63, 3.8) is 0 Å². The van der Waals surface area contributed by atoms with Crippen LogP contribution in [-0.4, -0.2) is 44.6 Å². The Morgan fingerprint density at radius 3 is 2.62 bits per heavy atom. The fourth-order valence-corrected chi connectivity index (χ4v) is 4.85. The lowest BCUT2D eigenvalue weighted by molar-refractivity contribution is 0.0747. The second-order valence-corrected chi connectivity index (χ2v) is 9.01. The van der Waals surface area contributed by atoms with E-state index in [4.69, 9.17) is 0 Å². The van der Waals surface area contributed by atoms with Crippen molar-refractivity contribution in [2.75, 3.05) is 23.7 Å². The molecular weight excluding hydrogens is 324 g/mol. The van der Waals surface area contributed by atoms with E-state index in [2.05, 4.69) is 6.92 Å². The second-order valence-electron chi connectivity index (χ2n) is 7.15. The Hall–Kier alpha value is -1.56. The monoisotopic (exact) mass is 350 g/mol. The lowest BCUT2D eigenvalue weighted by Crippen LogP contribution is -2.34. The summed E-state index contributed by atoms with van der Waals surface area (Å²) < 4.78 is 25.5. The number of hydrogen-bond acceptors (Lipinski definition) is 3. The molecule has 0 saturated heterocycles. The average molecular weight is 350 g/mol. The molecule has 6 heteroatoms. The second kappa shape index (κ2) is 6.39. The molecule has 1 aliphatic carbocycles. The summed E-state index contributed by atoms with van der Waals surface area (Å²) in [4.78, 5) is 14.8. The first-order valence-electron chi connectivity index (χ1n) is 8.73. The lowest BCUT2D eigenvalue weighted by atomic mass is 10.1. The van der Waals surface area contributed by atoms with Gasteiger partial charge in [-0.05, 0) is 62.3 Å². The Morgan fingerprint density at radius 2 is 2.04 bits per heavy atom. The Bertz CT molecular complexity index is 741. The number of amides is 1. The molecule has 1 unspecified atom stereocenters. The number of hydrogen-bond donors (Lipinski definition) is 0. The third-order valence-electron chi connectivity index (χ3n) is 4.79. The number of nitrogens with zero attached hydrogens (tertiary/aromatic N) is 2. The van der Waals surface area contributed by atoms with Crippen LogP contribution in [0.25, 0.3) is 0 Å². The molecule has 1 saturated carbocycles. The molecule has 1 aromatic rings. The predicted molar refractivity (Wildman–Crippen MR) is 95.8 cm³/mol. The number of anilines is 1. The molecule has 3 rings (SSSR count). The first-order valence-corrected chi connectivity index (χ1v) is 10.6. The van der Waals surface area contributed by atoms with Gasteiger partial charge in [-0.25, -0.2) is 8.42 Å². The van der Waals surface area contributed by atoms with Crippen molar-refractivity contribution in [3.8, 4) is 0 Å². The van der Waals surface area contributed by atoms with E-state index in [1.54, 1.807) is 12.1 Å². The van der Waals surface area contributed by atoms with Crippen molar-refractivity contribution in [1.82, 2.24) is 4.90 Å². The minimum absolute atomic E-state index is 0.0667. The Kier molecular flexibility index (Phi) is 4.60. The first kappa shape index (κ1) is 17.3. The van der Waals surface area contributed by atoms with Crippen LogP contribution in [0.15, 0.2) is 18.2 Å². The highest BCUT2D eigenvalue weighted by atomic mass is 32.2. The minimum atomic E-state index is -3.29. The summed E-state index contributed by atoms with van der Waals surface area (Å²) in [6.07, 6.45) is 5.27. The van der Waals surface area contributed by atoms with E-state index in [1.165, 1.54) is 23.4 Å². The van der Waals surface area contributed by atoms with Crippen LogP contribution in [0.1, 0.15) is 49.0 Å². The molecular formula is C18H26N2O3S. The molecule has 0 aromatic heterocycles. The Morgan fingerprint density at radius 1 is 1.33 bits per heavy atom. The molecule has 24 heavy (non-hydrogen) atoms. The third-order valence-corrected chi connectivity index (χ3v) is 6.06. The van der Waals surface area contributed by atoms with Crippen LogP contribution in [0.3, 0.4) is 0 Å². The average Bonchev–Trinajstić information content (AvgIpc) is 3.24. The molecule has 2 aliphatic rings. The molecule has 1 aromatic carbocycles. The highest BCUT2D eigenvalue weighted by Gasteiger charge is 2.33. The van der Waals surface area contributed by atoms with E-state index in [1.807, 2.05) is 17.9 Å². The van der Waals surface area contributed by atoms with Crippen molar-refractivity contribution in [3.05, 3.63) is 29.3 Å². The maximum absolute atomic E-state index is 12.9. The van der Waals surface area contributed by atoms with Crippen molar-refractivity contribution in [2.24, 2.45) is 5.92 Å². The summed E-state index contributed by atoms with van der Waals surface area (Å²) in [7, 11) is -3.29. The van der Waals surface area contributed by atoms with E-state index in [9.17, 15) is 13.2 Å². The molecule has 132 valence electrons. The van der Waals surface area contributed by atoms with Crippen LogP contribution in [-0.2, 0) is 16.4 Å². The van der Waals surface area contributed by atoms with E-state index in [-0.39, 0.29) is 11.9 Å². The van der Waals surface area contributed by atoms with Gasteiger partial charge < -0.3 is 4.90 Å². The van der Waals surface area contributed by atoms with Crippen molar-refractivity contribution in [2.45, 2.75) is 45.6 Å². The molecule has 1 fully saturated rings. The molecule has 1 heterocycles. The maximum atomic E-state index is 12.9. The zero-order valence-electron chi connectivity index (χ0n) is 14.7. The van der Waals surface area contributed by atoms with Crippen LogP contribution in [0, 0.1) is 5.92 Å². The normalized spacial score (nSPS) is 20.1. The van der Waals surface area contributed by atoms with Gasteiger partial charge in [-0.2, -0.15) is 0 Å². The van der Waals surface area contributed by atoms with Gasteiger partial charge in [0.25, 0.3) is 5.91 Å². The number of rotatable bonds is 6. The number of carbonyl (C=O) groups excluding carboxylic acids is 1. The van der Waals surface area contributed by atoms with Crippen molar-refractivity contribution >= 4 is 21.6 Å². The standard InChI is InChI=1S/C18H26N2O3S/c1-4-9-19(12-14-5-6-14)18(21)15-7-8-17-16(11-15)10-13(2)20(17)24(3,22)23/h7-8,11,13-14H,4-6,9-10,12H2,1-3H3.